The molecule has 7 heteroatoms. The van der Waals surface area contributed by atoms with Gasteiger partial charge in [0.15, 0.2) is 0 Å². The maximum absolute atomic E-state index is 11.8. The molecule has 0 unspecified atom stereocenters. The van der Waals surface area contributed by atoms with Gasteiger partial charge in [-0.3, -0.25) is 13.4 Å². The topological polar surface area (TPSA) is 79.2 Å². The Balaban J connectivity index is 2.41. The van der Waals surface area contributed by atoms with Crippen molar-refractivity contribution in [3.63, 3.8) is 0 Å². The number of methoxy groups -OCH3 is 1. The Hall–Kier alpha value is -1.44. The molecule has 6 nitrogen and oxygen atoms in total. The molecule has 0 bridgehead atoms. The summed E-state index contributed by atoms with van der Waals surface area (Å²) in [7, 11) is -1.52. The molecule has 1 aliphatic heterocycles. The number of hydrogen-bond acceptors (Lipinski definition) is 6. The molecule has 2 rings (SSSR count). The Kier molecular flexibility index (Phi) is 4.97. The van der Waals surface area contributed by atoms with Gasteiger partial charge in [-0.25, -0.2) is 4.79 Å². The molecule has 1 fully saturated rings. The summed E-state index contributed by atoms with van der Waals surface area (Å²) < 4.78 is 32.2. The highest BCUT2D eigenvalue weighted by molar-refractivity contribution is 8.25. The van der Waals surface area contributed by atoms with E-state index >= 15 is 0 Å². The maximum Gasteiger partial charge on any atom is 0.338 e. The number of hydrogen-bond donors (Lipinski definition) is 2. The van der Waals surface area contributed by atoms with Crippen LogP contribution in [0.3, 0.4) is 0 Å². The van der Waals surface area contributed by atoms with Gasteiger partial charge in [0.2, 0.25) is 0 Å². The zero-order valence-electron chi connectivity index (χ0n) is 12.2. The van der Waals surface area contributed by atoms with E-state index in [0.29, 0.717) is 35.9 Å². The van der Waals surface area contributed by atoms with Crippen molar-refractivity contribution in [2.24, 2.45) is 0 Å². The molecule has 118 valence electrons. The van der Waals surface area contributed by atoms with Gasteiger partial charge in [0.1, 0.15) is 5.75 Å². The van der Waals surface area contributed by atoms with Crippen LogP contribution in [0.5, 0.6) is 5.75 Å². The second-order valence-electron chi connectivity index (χ2n) is 4.79. The first-order valence-corrected chi connectivity index (χ1v) is 8.55. The molecule has 0 aliphatic carbocycles. The van der Waals surface area contributed by atoms with E-state index < -0.39 is 16.7 Å². The van der Waals surface area contributed by atoms with E-state index in [1.54, 1.807) is 22.5 Å². The predicted octanol–water partition coefficient (Wildman–Crippen LogP) is 3.14. The Morgan fingerprint density at radius 3 is 2.71 bits per heavy atom. The standard InChI is InChI=1S/C14H21NO5S/c1-3-20-13-9-11(14(16)19-2)8-12(10-13)15-6-4-5-7-21(15,17)18/h8-10,17-18H,3-7H2,1-2H3. The largest absolute Gasteiger partial charge is 0.494 e. The van der Waals surface area contributed by atoms with E-state index in [2.05, 4.69) is 0 Å². The highest BCUT2D eigenvalue weighted by Gasteiger charge is 2.27. The normalized spacial score (nSPS) is 19.0. The molecule has 1 aromatic rings. The quantitative estimate of drug-likeness (QED) is 0.831. The van der Waals surface area contributed by atoms with Crippen molar-refractivity contribution < 1.29 is 23.4 Å². The van der Waals surface area contributed by atoms with Crippen LogP contribution in [0.25, 0.3) is 0 Å². The van der Waals surface area contributed by atoms with E-state index in [0.717, 1.165) is 12.8 Å². The Labute approximate surface area is 126 Å². The summed E-state index contributed by atoms with van der Waals surface area (Å²) in [6, 6.07) is 4.91. The van der Waals surface area contributed by atoms with Gasteiger partial charge in [-0.05, 0) is 31.9 Å². The summed E-state index contributed by atoms with van der Waals surface area (Å²) in [4.78, 5) is 11.8. The fraction of sp³-hybridized carbons (Fsp3) is 0.500. The minimum atomic E-state index is -2.83. The van der Waals surface area contributed by atoms with E-state index in [1.807, 2.05) is 6.92 Å². The lowest BCUT2D eigenvalue weighted by Crippen LogP contribution is -2.34. The Morgan fingerprint density at radius 1 is 1.33 bits per heavy atom. The molecular formula is C14H21NO5S. The van der Waals surface area contributed by atoms with Gasteiger partial charge in [0.25, 0.3) is 0 Å². The summed E-state index contributed by atoms with van der Waals surface area (Å²) in [5.74, 6) is 0.377. The van der Waals surface area contributed by atoms with Crippen LogP contribution < -0.4 is 9.04 Å². The van der Waals surface area contributed by atoms with Gasteiger partial charge in [-0.1, -0.05) is 0 Å². The number of benzene rings is 1. The van der Waals surface area contributed by atoms with Crippen LogP contribution in [0.1, 0.15) is 30.1 Å². The van der Waals surface area contributed by atoms with E-state index in [4.69, 9.17) is 9.47 Å². The van der Waals surface area contributed by atoms with Crippen molar-refractivity contribution in [3.8, 4) is 5.75 Å². The number of ether oxygens (including phenoxy) is 2. The van der Waals surface area contributed by atoms with Crippen molar-refractivity contribution in [1.82, 2.24) is 0 Å². The highest BCUT2D eigenvalue weighted by atomic mass is 32.3. The molecule has 1 heterocycles. The van der Waals surface area contributed by atoms with Gasteiger partial charge in [0, 0.05) is 12.6 Å². The fourth-order valence-corrected chi connectivity index (χ4v) is 3.99. The fourth-order valence-electron chi connectivity index (χ4n) is 2.32. The molecule has 1 aromatic carbocycles. The molecular weight excluding hydrogens is 294 g/mol. The molecule has 21 heavy (non-hydrogen) atoms. The lowest BCUT2D eigenvalue weighted by Gasteiger charge is -2.47. The first-order chi connectivity index (χ1) is 9.97. The molecule has 0 radical (unpaired) electrons. The number of carbonyl (C=O) groups excluding carboxylic acids is 1. The summed E-state index contributed by atoms with van der Waals surface area (Å²) in [6.45, 7) is 2.85. The molecule has 0 amide bonds. The van der Waals surface area contributed by atoms with Crippen LogP contribution in [-0.2, 0) is 4.74 Å². The number of esters is 1. The van der Waals surface area contributed by atoms with Gasteiger partial charge in [-0.15, -0.1) is 10.8 Å². The van der Waals surface area contributed by atoms with Crippen LogP contribution in [0.15, 0.2) is 18.2 Å². The summed E-state index contributed by atoms with van der Waals surface area (Å²) in [5, 5.41) is 0. The third-order valence-corrected chi connectivity index (χ3v) is 5.23. The average molecular weight is 315 g/mol. The van der Waals surface area contributed by atoms with Crippen LogP contribution in [0.2, 0.25) is 0 Å². The monoisotopic (exact) mass is 315 g/mol. The van der Waals surface area contributed by atoms with Gasteiger partial charge in [0.05, 0.1) is 30.7 Å². The second kappa shape index (κ2) is 6.55. The van der Waals surface area contributed by atoms with Crippen molar-refractivity contribution in [2.75, 3.05) is 30.3 Å². The van der Waals surface area contributed by atoms with Crippen molar-refractivity contribution in [1.29, 1.82) is 0 Å². The number of nitrogens with zero attached hydrogens (tertiary/aromatic N) is 1. The lowest BCUT2D eigenvalue weighted by molar-refractivity contribution is 0.0600. The number of anilines is 1. The van der Waals surface area contributed by atoms with E-state index in [-0.39, 0.29) is 0 Å². The minimum Gasteiger partial charge on any atom is -0.494 e. The summed E-state index contributed by atoms with van der Waals surface area (Å²) in [6.07, 6.45) is 1.66. The smallest absolute Gasteiger partial charge is 0.338 e. The van der Waals surface area contributed by atoms with Crippen LogP contribution in [0.4, 0.5) is 5.69 Å². The van der Waals surface area contributed by atoms with Gasteiger partial charge < -0.3 is 9.47 Å². The summed E-state index contributed by atoms with van der Waals surface area (Å²) in [5.41, 5.74) is 0.903. The molecule has 2 N–H and O–H groups in total. The SMILES string of the molecule is CCOc1cc(C(=O)OC)cc(N2CCCCS2(O)O)c1. The molecule has 1 aliphatic rings. The van der Waals surface area contributed by atoms with Crippen LogP contribution in [0, 0.1) is 0 Å². The first kappa shape index (κ1) is 15.9. The van der Waals surface area contributed by atoms with Crippen molar-refractivity contribution in [3.05, 3.63) is 23.8 Å². The first-order valence-electron chi connectivity index (χ1n) is 6.87. The highest BCUT2D eigenvalue weighted by Crippen LogP contribution is 2.50. The minimum absolute atomic E-state index is 0.333. The van der Waals surface area contributed by atoms with E-state index in [9.17, 15) is 13.9 Å². The second-order valence-corrected chi connectivity index (χ2v) is 6.90. The van der Waals surface area contributed by atoms with Gasteiger partial charge >= 0.3 is 5.97 Å². The molecule has 0 atom stereocenters. The molecule has 0 saturated carbocycles. The van der Waals surface area contributed by atoms with Crippen LogP contribution in [-0.4, -0.2) is 41.1 Å². The zero-order chi connectivity index (χ0) is 15.5. The number of carbonyl (C=O) groups is 1. The lowest BCUT2D eigenvalue weighted by atomic mass is 10.2. The van der Waals surface area contributed by atoms with E-state index in [1.165, 1.54) is 7.11 Å². The molecule has 0 aromatic heterocycles. The predicted molar refractivity (Wildman–Crippen MR) is 83.2 cm³/mol. The molecule has 0 spiro atoms. The van der Waals surface area contributed by atoms with Gasteiger partial charge in [-0.2, -0.15) is 0 Å². The summed E-state index contributed by atoms with van der Waals surface area (Å²) >= 11 is 0. The Bertz CT molecular complexity index is 520. The number of rotatable bonds is 4. The van der Waals surface area contributed by atoms with Crippen molar-refractivity contribution in [2.45, 2.75) is 19.8 Å². The maximum atomic E-state index is 11.8. The zero-order valence-corrected chi connectivity index (χ0v) is 13.1. The third-order valence-electron chi connectivity index (χ3n) is 3.29. The molecule has 1 saturated heterocycles. The Morgan fingerprint density at radius 2 is 2.10 bits per heavy atom. The van der Waals surface area contributed by atoms with Crippen LogP contribution >= 0.6 is 10.8 Å². The average Bonchev–Trinajstić information content (AvgIpc) is 2.46. The van der Waals surface area contributed by atoms with Crippen molar-refractivity contribution >= 4 is 22.4 Å². The third kappa shape index (κ3) is 3.61.